The summed E-state index contributed by atoms with van der Waals surface area (Å²) in [6.45, 7) is 0.666. The van der Waals surface area contributed by atoms with E-state index in [0.717, 1.165) is 23.6 Å². The molecule has 104 valence electrons. The number of phenols is 1. The molecular formula is C16H17NO2S. The Bertz CT molecular complexity index is 665. The van der Waals surface area contributed by atoms with Gasteiger partial charge in [0.05, 0.1) is 5.56 Å². The lowest BCUT2D eigenvalue weighted by Crippen LogP contribution is -2.31. The summed E-state index contributed by atoms with van der Waals surface area (Å²) in [4.78, 5) is 12.2. The number of thioether (sulfide) groups is 1. The van der Waals surface area contributed by atoms with Gasteiger partial charge in [-0.2, -0.15) is 11.8 Å². The highest BCUT2D eigenvalue weighted by Crippen LogP contribution is 2.46. The quantitative estimate of drug-likeness (QED) is 0.908. The van der Waals surface area contributed by atoms with E-state index >= 15 is 0 Å². The maximum absolute atomic E-state index is 12.2. The Labute approximate surface area is 122 Å². The third kappa shape index (κ3) is 2.48. The van der Waals surface area contributed by atoms with Crippen LogP contribution in [-0.4, -0.2) is 28.6 Å². The third-order valence-electron chi connectivity index (χ3n) is 3.92. The summed E-state index contributed by atoms with van der Waals surface area (Å²) in [5.74, 6) is -0.163. The van der Waals surface area contributed by atoms with Gasteiger partial charge in [-0.15, -0.1) is 0 Å². The van der Waals surface area contributed by atoms with Crippen molar-refractivity contribution in [3.8, 4) is 5.75 Å². The normalized spacial score (nSPS) is 16.1. The summed E-state index contributed by atoms with van der Waals surface area (Å²) < 4.78 is 0.224. The molecule has 0 unspecified atom stereocenters. The summed E-state index contributed by atoms with van der Waals surface area (Å²) >= 11 is 1.80. The predicted molar refractivity (Wildman–Crippen MR) is 83.4 cm³/mol. The lowest BCUT2D eigenvalue weighted by molar-refractivity contribution is 0.0950. The van der Waals surface area contributed by atoms with Gasteiger partial charge in [0.1, 0.15) is 5.75 Å². The van der Waals surface area contributed by atoms with Crippen LogP contribution in [0.5, 0.6) is 5.75 Å². The van der Waals surface area contributed by atoms with E-state index in [9.17, 15) is 9.90 Å². The molecule has 20 heavy (non-hydrogen) atoms. The van der Waals surface area contributed by atoms with E-state index in [-0.39, 0.29) is 16.4 Å². The van der Waals surface area contributed by atoms with Crippen LogP contribution in [0.15, 0.2) is 36.4 Å². The minimum absolute atomic E-state index is 0.0372. The topological polar surface area (TPSA) is 49.3 Å². The molecule has 0 bridgehead atoms. The highest BCUT2D eigenvalue weighted by molar-refractivity contribution is 8.00. The fraction of sp³-hybridized carbons (Fsp3) is 0.312. The number of benzene rings is 2. The smallest absolute Gasteiger partial charge is 0.255 e. The van der Waals surface area contributed by atoms with E-state index in [4.69, 9.17) is 0 Å². The molecule has 0 radical (unpaired) electrons. The fourth-order valence-electron chi connectivity index (χ4n) is 2.34. The number of nitrogens with one attached hydrogen (secondary N) is 1. The van der Waals surface area contributed by atoms with E-state index in [1.165, 1.54) is 0 Å². The van der Waals surface area contributed by atoms with Crippen molar-refractivity contribution in [1.29, 1.82) is 0 Å². The van der Waals surface area contributed by atoms with Crippen molar-refractivity contribution in [3.63, 3.8) is 0 Å². The SMILES string of the molecule is CSC1(CNC(=O)c2cc3ccccc3cc2O)CC1. The van der Waals surface area contributed by atoms with E-state index < -0.39 is 0 Å². The third-order valence-corrected chi connectivity index (χ3v) is 5.34. The van der Waals surface area contributed by atoms with E-state index in [1.807, 2.05) is 24.3 Å². The number of phenolic OH excluding ortho intramolecular Hbond substituents is 1. The summed E-state index contributed by atoms with van der Waals surface area (Å²) in [6.07, 6.45) is 4.38. The number of amides is 1. The molecular weight excluding hydrogens is 270 g/mol. The first-order chi connectivity index (χ1) is 9.63. The van der Waals surface area contributed by atoms with Gasteiger partial charge in [-0.3, -0.25) is 4.79 Å². The summed E-state index contributed by atoms with van der Waals surface area (Å²) in [7, 11) is 0. The highest BCUT2D eigenvalue weighted by Gasteiger charge is 2.42. The van der Waals surface area contributed by atoms with Gasteiger partial charge in [0.2, 0.25) is 0 Å². The zero-order valence-corrected chi connectivity index (χ0v) is 12.2. The van der Waals surface area contributed by atoms with E-state index in [1.54, 1.807) is 23.9 Å². The molecule has 0 heterocycles. The lowest BCUT2D eigenvalue weighted by Gasteiger charge is -2.14. The van der Waals surface area contributed by atoms with Crippen LogP contribution in [0.2, 0.25) is 0 Å². The molecule has 0 aromatic heterocycles. The molecule has 3 rings (SSSR count). The number of hydrogen-bond acceptors (Lipinski definition) is 3. The number of aromatic hydroxyl groups is 1. The van der Waals surface area contributed by atoms with Gasteiger partial charge in [-0.1, -0.05) is 24.3 Å². The summed E-state index contributed by atoms with van der Waals surface area (Å²) in [6, 6.07) is 11.1. The van der Waals surface area contributed by atoms with E-state index in [2.05, 4.69) is 11.6 Å². The molecule has 2 aromatic rings. The van der Waals surface area contributed by atoms with Crippen LogP contribution in [0.1, 0.15) is 23.2 Å². The lowest BCUT2D eigenvalue weighted by atomic mass is 10.1. The van der Waals surface area contributed by atoms with Gasteiger partial charge >= 0.3 is 0 Å². The average Bonchev–Trinajstić information content (AvgIpc) is 3.25. The van der Waals surface area contributed by atoms with Crippen molar-refractivity contribution in [2.45, 2.75) is 17.6 Å². The first-order valence-corrected chi connectivity index (χ1v) is 7.91. The number of fused-ring (bicyclic) bond motifs is 1. The van der Waals surface area contributed by atoms with Crippen molar-refractivity contribution in [2.75, 3.05) is 12.8 Å². The molecule has 1 fully saturated rings. The maximum atomic E-state index is 12.2. The molecule has 1 aliphatic carbocycles. The van der Waals surface area contributed by atoms with Crippen molar-refractivity contribution in [3.05, 3.63) is 42.0 Å². The number of hydrogen-bond donors (Lipinski definition) is 2. The largest absolute Gasteiger partial charge is 0.507 e. The second kappa shape index (κ2) is 5.02. The monoisotopic (exact) mass is 287 g/mol. The Hall–Kier alpha value is -1.68. The molecule has 4 heteroatoms. The molecule has 1 saturated carbocycles. The van der Waals surface area contributed by atoms with Crippen LogP contribution in [0.3, 0.4) is 0 Å². The molecule has 1 amide bonds. The van der Waals surface area contributed by atoms with Crippen LogP contribution >= 0.6 is 11.8 Å². The van der Waals surface area contributed by atoms with Crippen molar-refractivity contribution >= 4 is 28.4 Å². The minimum Gasteiger partial charge on any atom is -0.507 e. The second-order valence-electron chi connectivity index (χ2n) is 5.29. The number of carbonyl (C=O) groups excluding carboxylic acids is 1. The van der Waals surface area contributed by atoms with Crippen molar-refractivity contribution < 1.29 is 9.90 Å². The predicted octanol–water partition coefficient (Wildman–Crippen LogP) is 3.17. The molecule has 0 aliphatic heterocycles. The molecule has 2 N–H and O–H groups in total. The summed E-state index contributed by atoms with van der Waals surface area (Å²) in [5, 5.41) is 14.8. The molecule has 0 atom stereocenters. The van der Waals surface area contributed by atoms with Gasteiger partial charge in [-0.25, -0.2) is 0 Å². The zero-order chi connectivity index (χ0) is 14.2. The molecule has 3 nitrogen and oxygen atoms in total. The highest BCUT2D eigenvalue weighted by atomic mass is 32.2. The fourth-order valence-corrected chi connectivity index (χ4v) is 3.07. The standard InChI is InChI=1S/C16H17NO2S/c1-20-16(6-7-16)10-17-15(19)13-8-11-4-2-3-5-12(11)9-14(13)18/h2-5,8-9,18H,6-7,10H2,1H3,(H,17,19). The van der Waals surface area contributed by atoms with Crippen LogP contribution in [0.25, 0.3) is 10.8 Å². The first-order valence-electron chi connectivity index (χ1n) is 6.69. The van der Waals surface area contributed by atoms with Gasteiger partial charge in [0.15, 0.2) is 0 Å². The van der Waals surface area contributed by atoms with Crippen molar-refractivity contribution in [2.24, 2.45) is 0 Å². The average molecular weight is 287 g/mol. The van der Waals surface area contributed by atoms with Crippen LogP contribution in [-0.2, 0) is 0 Å². The van der Waals surface area contributed by atoms with Crippen LogP contribution in [0, 0.1) is 0 Å². The summed E-state index contributed by atoms with van der Waals surface area (Å²) in [5.41, 5.74) is 0.348. The molecule has 2 aromatic carbocycles. The Balaban J connectivity index is 1.82. The van der Waals surface area contributed by atoms with Gasteiger partial charge in [0.25, 0.3) is 5.91 Å². The molecule has 0 saturated heterocycles. The molecule has 1 aliphatic rings. The Kier molecular flexibility index (Phi) is 3.34. The second-order valence-corrected chi connectivity index (χ2v) is 6.56. The Morgan fingerprint density at radius 1 is 1.30 bits per heavy atom. The number of carbonyl (C=O) groups is 1. The van der Waals surface area contributed by atoms with Gasteiger partial charge in [-0.05, 0) is 42.0 Å². The van der Waals surface area contributed by atoms with Gasteiger partial charge in [0, 0.05) is 11.3 Å². The Morgan fingerprint density at radius 3 is 2.55 bits per heavy atom. The number of rotatable bonds is 4. The first kappa shape index (κ1) is 13.3. The van der Waals surface area contributed by atoms with Crippen molar-refractivity contribution in [1.82, 2.24) is 5.32 Å². The minimum atomic E-state index is -0.200. The van der Waals surface area contributed by atoms with Crippen LogP contribution < -0.4 is 5.32 Å². The van der Waals surface area contributed by atoms with Crippen LogP contribution in [0.4, 0.5) is 0 Å². The van der Waals surface area contributed by atoms with E-state index in [0.29, 0.717) is 12.1 Å². The maximum Gasteiger partial charge on any atom is 0.255 e. The van der Waals surface area contributed by atoms with Gasteiger partial charge < -0.3 is 10.4 Å². The Morgan fingerprint density at radius 2 is 1.95 bits per heavy atom. The molecule has 0 spiro atoms. The zero-order valence-electron chi connectivity index (χ0n) is 11.3.